The van der Waals surface area contributed by atoms with Crippen LogP contribution in [0.15, 0.2) is 35.7 Å². The van der Waals surface area contributed by atoms with Crippen molar-refractivity contribution < 1.29 is 9.59 Å². The summed E-state index contributed by atoms with van der Waals surface area (Å²) in [6, 6.07) is 7.07. The lowest BCUT2D eigenvalue weighted by atomic mass is 10.2. The van der Waals surface area contributed by atoms with E-state index in [1.807, 2.05) is 18.4 Å². The van der Waals surface area contributed by atoms with E-state index in [1.165, 1.54) is 16.7 Å². The first-order valence-corrected chi connectivity index (χ1v) is 8.51. The molecule has 2 rings (SSSR count). The second-order valence-electron chi connectivity index (χ2n) is 5.73. The molecule has 24 heavy (non-hydrogen) atoms. The maximum Gasteiger partial charge on any atom is 0.253 e. The number of benzene rings is 1. The molecule has 1 aromatic heterocycles. The van der Waals surface area contributed by atoms with Gasteiger partial charge in [0.25, 0.3) is 5.91 Å². The van der Waals surface area contributed by atoms with Gasteiger partial charge in [0.15, 0.2) is 5.16 Å². The van der Waals surface area contributed by atoms with Crippen molar-refractivity contribution >= 4 is 29.3 Å². The Morgan fingerprint density at radius 1 is 1.25 bits per heavy atom. The molecule has 1 aromatic carbocycles. The summed E-state index contributed by atoms with van der Waals surface area (Å²) >= 11 is 1.34. The number of thioether (sulfide) groups is 1. The molecule has 7 nitrogen and oxygen atoms in total. The zero-order chi connectivity index (χ0) is 17.7. The van der Waals surface area contributed by atoms with Crippen LogP contribution in [-0.2, 0) is 4.79 Å². The fourth-order valence-corrected chi connectivity index (χ4v) is 2.82. The van der Waals surface area contributed by atoms with E-state index in [0.29, 0.717) is 16.4 Å². The van der Waals surface area contributed by atoms with Crippen LogP contribution < -0.4 is 5.32 Å². The Labute approximate surface area is 145 Å². The minimum atomic E-state index is -0.134. The van der Waals surface area contributed by atoms with Gasteiger partial charge in [-0.1, -0.05) is 11.8 Å². The second-order valence-corrected chi connectivity index (χ2v) is 6.67. The monoisotopic (exact) mass is 347 g/mol. The molecule has 0 bridgehead atoms. The van der Waals surface area contributed by atoms with E-state index in [2.05, 4.69) is 15.5 Å². The van der Waals surface area contributed by atoms with Gasteiger partial charge in [0, 0.05) is 31.4 Å². The van der Waals surface area contributed by atoms with E-state index in [4.69, 9.17) is 0 Å². The van der Waals surface area contributed by atoms with Gasteiger partial charge in [-0.15, -0.1) is 10.2 Å². The van der Waals surface area contributed by atoms with E-state index in [-0.39, 0.29) is 23.6 Å². The van der Waals surface area contributed by atoms with E-state index in [1.54, 1.807) is 44.7 Å². The highest BCUT2D eigenvalue weighted by molar-refractivity contribution is 7.99. The molecule has 1 heterocycles. The van der Waals surface area contributed by atoms with Crippen LogP contribution in [0, 0.1) is 0 Å². The van der Waals surface area contributed by atoms with Gasteiger partial charge in [-0.25, -0.2) is 0 Å². The second kappa shape index (κ2) is 7.96. The van der Waals surface area contributed by atoms with E-state index in [0.717, 1.165) is 0 Å². The lowest BCUT2D eigenvalue weighted by Gasteiger charge is -2.11. The Kier molecular flexibility index (Phi) is 5.97. The van der Waals surface area contributed by atoms with Crippen LogP contribution in [-0.4, -0.2) is 51.3 Å². The van der Waals surface area contributed by atoms with Crippen molar-refractivity contribution in [3.8, 4) is 0 Å². The first kappa shape index (κ1) is 18.0. The minimum absolute atomic E-state index is 0.0727. The number of nitrogens with one attached hydrogen (secondary N) is 1. The third kappa shape index (κ3) is 4.58. The highest BCUT2D eigenvalue weighted by Gasteiger charge is 2.11. The Hall–Kier alpha value is -2.35. The molecule has 0 aliphatic carbocycles. The first-order valence-electron chi connectivity index (χ1n) is 7.52. The van der Waals surface area contributed by atoms with Gasteiger partial charge in [-0.2, -0.15) is 0 Å². The minimum Gasteiger partial charge on any atom is -0.345 e. The molecule has 0 spiro atoms. The average molecular weight is 347 g/mol. The zero-order valence-electron chi connectivity index (χ0n) is 14.2. The third-order valence-corrected chi connectivity index (χ3v) is 4.21. The van der Waals surface area contributed by atoms with Crippen LogP contribution in [0.2, 0.25) is 0 Å². The van der Waals surface area contributed by atoms with Crippen molar-refractivity contribution in [1.29, 1.82) is 0 Å². The van der Waals surface area contributed by atoms with Gasteiger partial charge >= 0.3 is 0 Å². The number of rotatable bonds is 6. The number of nitrogens with zero attached hydrogens (tertiary/aromatic N) is 4. The molecule has 0 saturated carbocycles. The Morgan fingerprint density at radius 2 is 1.92 bits per heavy atom. The maximum absolute atomic E-state index is 12.1. The van der Waals surface area contributed by atoms with Crippen molar-refractivity contribution in [2.24, 2.45) is 0 Å². The van der Waals surface area contributed by atoms with Gasteiger partial charge in [-0.3, -0.25) is 9.59 Å². The van der Waals surface area contributed by atoms with E-state index >= 15 is 0 Å². The number of anilines is 1. The molecule has 0 aliphatic rings. The molecule has 2 aromatic rings. The quantitative estimate of drug-likeness (QED) is 0.811. The highest BCUT2D eigenvalue weighted by Crippen LogP contribution is 2.19. The largest absolute Gasteiger partial charge is 0.345 e. The predicted molar refractivity (Wildman–Crippen MR) is 94.2 cm³/mol. The molecule has 0 aliphatic heterocycles. The number of amides is 2. The molecule has 0 unspecified atom stereocenters. The summed E-state index contributed by atoms with van der Waals surface area (Å²) < 4.78 is 1.92. The Bertz CT molecular complexity index is 710. The summed E-state index contributed by atoms with van der Waals surface area (Å²) in [5.41, 5.74) is 1.23. The normalized spacial score (nSPS) is 10.7. The Morgan fingerprint density at radius 3 is 2.50 bits per heavy atom. The van der Waals surface area contributed by atoms with Crippen molar-refractivity contribution in [3.05, 3.63) is 36.2 Å². The summed E-state index contributed by atoms with van der Waals surface area (Å²) in [7, 11) is 3.40. The molecule has 0 atom stereocenters. The highest BCUT2D eigenvalue weighted by atomic mass is 32.2. The summed E-state index contributed by atoms with van der Waals surface area (Å²) in [5, 5.41) is 11.4. The van der Waals surface area contributed by atoms with Crippen LogP contribution in [0.4, 0.5) is 5.69 Å². The summed E-state index contributed by atoms with van der Waals surface area (Å²) in [5.74, 6) is 0.0329. The summed E-state index contributed by atoms with van der Waals surface area (Å²) in [4.78, 5) is 25.4. The van der Waals surface area contributed by atoms with Crippen LogP contribution in [0.3, 0.4) is 0 Å². The molecular weight excluding hydrogens is 326 g/mol. The van der Waals surface area contributed by atoms with Gasteiger partial charge < -0.3 is 14.8 Å². The van der Waals surface area contributed by atoms with Crippen molar-refractivity contribution in [1.82, 2.24) is 19.7 Å². The lowest BCUT2D eigenvalue weighted by Crippen LogP contribution is -2.21. The number of carbonyl (C=O) groups excluding carboxylic acids is 2. The maximum atomic E-state index is 12.1. The fraction of sp³-hybridized carbons (Fsp3) is 0.375. The molecule has 0 radical (unpaired) electrons. The van der Waals surface area contributed by atoms with Gasteiger partial charge in [0.05, 0.1) is 5.75 Å². The average Bonchev–Trinajstić information content (AvgIpc) is 3.01. The number of aromatic nitrogens is 3. The van der Waals surface area contributed by atoms with E-state index in [9.17, 15) is 9.59 Å². The number of hydrogen-bond acceptors (Lipinski definition) is 5. The standard InChI is InChI=1S/C16H21N5O2S/c1-11(2)21-10-17-19-16(21)24-9-14(22)18-13-7-5-12(6-8-13)15(23)20(3)4/h5-8,10-11H,9H2,1-4H3,(H,18,22). The summed E-state index contributed by atoms with van der Waals surface area (Å²) in [6.07, 6.45) is 1.66. The van der Waals surface area contributed by atoms with Crippen LogP contribution in [0.25, 0.3) is 0 Å². The van der Waals surface area contributed by atoms with Crippen molar-refractivity contribution in [3.63, 3.8) is 0 Å². The lowest BCUT2D eigenvalue weighted by molar-refractivity contribution is -0.113. The molecular formula is C16H21N5O2S. The SMILES string of the molecule is CC(C)n1cnnc1SCC(=O)Nc1ccc(C(=O)N(C)C)cc1. The van der Waals surface area contributed by atoms with Crippen LogP contribution >= 0.6 is 11.8 Å². The third-order valence-electron chi connectivity index (χ3n) is 3.25. The fourth-order valence-electron chi connectivity index (χ4n) is 1.97. The van der Waals surface area contributed by atoms with Crippen LogP contribution in [0.5, 0.6) is 0 Å². The summed E-state index contributed by atoms with van der Waals surface area (Å²) in [6.45, 7) is 4.06. The molecule has 8 heteroatoms. The number of carbonyl (C=O) groups is 2. The van der Waals surface area contributed by atoms with Gasteiger partial charge in [-0.05, 0) is 38.1 Å². The molecule has 1 N–H and O–H groups in total. The molecule has 2 amide bonds. The zero-order valence-corrected chi connectivity index (χ0v) is 15.0. The van der Waals surface area contributed by atoms with E-state index < -0.39 is 0 Å². The van der Waals surface area contributed by atoms with Crippen LogP contribution in [0.1, 0.15) is 30.2 Å². The smallest absolute Gasteiger partial charge is 0.253 e. The molecule has 128 valence electrons. The molecule has 0 fully saturated rings. The van der Waals surface area contributed by atoms with Crippen molar-refractivity contribution in [2.45, 2.75) is 25.0 Å². The molecule has 0 saturated heterocycles. The number of hydrogen-bond donors (Lipinski definition) is 1. The predicted octanol–water partition coefficient (Wildman–Crippen LogP) is 2.29. The van der Waals surface area contributed by atoms with Gasteiger partial charge in [0.1, 0.15) is 6.33 Å². The first-order chi connectivity index (χ1) is 11.4. The van der Waals surface area contributed by atoms with Gasteiger partial charge in [0.2, 0.25) is 5.91 Å². The Balaban J connectivity index is 1.90. The topological polar surface area (TPSA) is 80.1 Å². The van der Waals surface area contributed by atoms with Crippen molar-refractivity contribution in [2.75, 3.05) is 25.2 Å².